The van der Waals surface area contributed by atoms with Crippen molar-refractivity contribution < 1.29 is 13.9 Å². The molecule has 1 unspecified atom stereocenters. The number of hydrogen-bond acceptors (Lipinski definition) is 4. The number of benzene rings is 2. The van der Waals surface area contributed by atoms with E-state index in [1.165, 1.54) is 25.7 Å². The number of aromatic nitrogens is 1. The van der Waals surface area contributed by atoms with E-state index >= 15 is 0 Å². The van der Waals surface area contributed by atoms with Gasteiger partial charge < -0.3 is 14.1 Å². The second kappa shape index (κ2) is 9.78. The van der Waals surface area contributed by atoms with Crippen molar-refractivity contribution in [3.8, 4) is 0 Å². The standard InChI is InChI=1S/C28H36N2O4Si/c1-35(2,3)15-14-33-19-30-24-13-12-21(17-26(24)34-28(30)32)18-29-25(16-20-8-4-5-9-20)22-10-6-7-11-23(22)27(29)31/h6-7,10-13,17,20,25H,4-5,8-9,14-16,18-19H2,1-3H3. The summed E-state index contributed by atoms with van der Waals surface area (Å²) in [6, 6.07) is 15.0. The summed E-state index contributed by atoms with van der Waals surface area (Å²) in [4.78, 5) is 27.9. The first-order valence-corrected chi connectivity index (χ1v) is 16.6. The second-order valence-electron chi connectivity index (χ2n) is 11.4. The van der Waals surface area contributed by atoms with Crippen LogP contribution in [-0.2, 0) is 18.0 Å². The van der Waals surface area contributed by atoms with Gasteiger partial charge in [0, 0.05) is 26.8 Å². The highest BCUT2D eigenvalue weighted by molar-refractivity contribution is 6.76. The first kappa shape index (κ1) is 24.1. The van der Waals surface area contributed by atoms with Crippen LogP contribution in [0.2, 0.25) is 25.7 Å². The van der Waals surface area contributed by atoms with Gasteiger partial charge in [-0.3, -0.25) is 4.79 Å². The minimum atomic E-state index is -1.19. The predicted octanol–water partition coefficient (Wildman–Crippen LogP) is 6.18. The summed E-state index contributed by atoms with van der Waals surface area (Å²) >= 11 is 0. The maximum atomic E-state index is 13.4. The number of amides is 1. The van der Waals surface area contributed by atoms with Crippen molar-refractivity contribution in [2.75, 3.05) is 6.61 Å². The molecule has 1 amide bonds. The molecule has 0 radical (unpaired) electrons. The Hall–Kier alpha value is -2.64. The van der Waals surface area contributed by atoms with Gasteiger partial charge in [0.2, 0.25) is 0 Å². The van der Waals surface area contributed by atoms with Crippen molar-refractivity contribution in [2.45, 2.75) is 77.1 Å². The van der Waals surface area contributed by atoms with Crippen LogP contribution < -0.4 is 5.76 Å². The van der Waals surface area contributed by atoms with Crippen LogP contribution in [0.25, 0.3) is 11.1 Å². The summed E-state index contributed by atoms with van der Waals surface area (Å²) in [5, 5.41) is 0. The number of nitrogens with zero attached hydrogens (tertiary/aromatic N) is 2. The normalized spacial score (nSPS) is 18.7. The van der Waals surface area contributed by atoms with E-state index in [0.29, 0.717) is 24.7 Å². The van der Waals surface area contributed by atoms with E-state index in [9.17, 15) is 9.59 Å². The Morgan fingerprint density at radius 1 is 1.06 bits per heavy atom. The highest BCUT2D eigenvalue weighted by atomic mass is 28.3. The lowest BCUT2D eigenvalue weighted by molar-refractivity contribution is 0.0686. The van der Waals surface area contributed by atoms with Crippen LogP contribution in [0.3, 0.4) is 0 Å². The van der Waals surface area contributed by atoms with E-state index in [1.54, 1.807) is 4.57 Å². The lowest BCUT2D eigenvalue weighted by atomic mass is 9.93. The summed E-state index contributed by atoms with van der Waals surface area (Å²) in [5.74, 6) is 0.365. The van der Waals surface area contributed by atoms with Crippen molar-refractivity contribution in [1.29, 1.82) is 0 Å². The van der Waals surface area contributed by atoms with Crippen molar-refractivity contribution in [3.63, 3.8) is 0 Å². The van der Waals surface area contributed by atoms with Gasteiger partial charge in [0.15, 0.2) is 5.58 Å². The molecule has 3 aromatic rings. The number of oxazole rings is 1. The van der Waals surface area contributed by atoms with Gasteiger partial charge in [0.05, 0.1) is 11.6 Å². The van der Waals surface area contributed by atoms with E-state index in [0.717, 1.165) is 34.7 Å². The van der Waals surface area contributed by atoms with Gasteiger partial charge in [-0.1, -0.05) is 69.6 Å². The molecule has 2 heterocycles. The maximum Gasteiger partial charge on any atom is 0.421 e. The van der Waals surface area contributed by atoms with Crippen LogP contribution >= 0.6 is 0 Å². The topological polar surface area (TPSA) is 64.7 Å². The fourth-order valence-electron chi connectivity index (χ4n) is 5.51. The van der Waals surface area contributed by atoms with E-state index in [4.69, 9.17) is 9.15 Å². The molecule has 35 heavy (non-hydrogen) atoms. The highest BCUT2D eigenvalue weighted by Gasteiger charge is 2.38. The maximum absolute atomic E-state index is 13.4. The molecular formula is C28H36N2O4Si. The van der Waals surface area contributed by atoms with Crippen molar-refractivity contribution in [3.05, 3.63) is 69.7 Å². The average molecular weight is 493 g/mol. The zero-order valence-corrected chi connectivity index (χ0v) is 22.1. The van der Waals surface area contributed by atoms with Crippen LogP contribution in [-0.4, -0.2) is 30.1 Å². The fraction of sp³-hybridized carbons (Fsp3) is 0.500. The third kappa shape index (κ3) is 5.16. The Morgan fingerprint density at radius 3 is 2.60 bits per heavy atom. The molecule has 0 bridgehead atoms. The van der Waals surface area contributed by atoms with Crippen LogP contribution in [0.4, 0.5) is 0 Å². The lowest BCUT2D eigenvalue weighted by Crippen LogP contribution is -2.28. The highest BCUT2D eigenvalue weighted by Crippen LogP contribution is 2.42. The quantitative estimate of drug-likeness (QED) is 0.264. The molecule has 0 N–H and O–H groups in total. The van der Waals surface area contributed by atoms with Crippen LogP contribution in [0.5, 0.6) is 0 Å². The van der Waals surface area contributed by atoms with Gasteiger partial charge in [-0.15, -0.1) is 0 Å². The van der Waals surface area contributed by atoms with E-state index < -0.39 is 13.8 Å². The van der Waals surface area contributed by atoms with Crippen molar-refractivity contribution in [2.24, 2.45) is 5.92 Å². The third-order valence-electron chi connectivity index (χ3n) is 7.52. The number of hydrogen-bond donors (Lipinski definition) is 0. The van der Waals surface area contributed by atoms with Gasteiger partial charge in [-0.2, -0.15) is 0 Å². The molecule has 5 rings (SSSR count). The SMILES string of the molecule is C[Si](C)(C)CCOCn1c(=O)oc2cc(CN3C(=O)c4ccccc4C3CC3CCCC3)ccc21. The Morgan fingerprint density at radius 2 is 1.83 bits per heavy atom. The molecule has 0 spiro atoms. The third-order valence-corrected chi connectivity index (χ3v) is 9.23. The van der Waals surface area contributed by atoms with Crippen LogP contribution in [0, 0.1) is 5.92 Å². The first-order valence-electron chi connectivity index (χ1n) is 12.9. The summed E-state index contributed by atoms with van der Waals surface area (Å²) < 4.78 is 12.9. The zero-order chi connectivity index (χ0) is 24.6. The Balaban J connectivity index is 1.34. The van der Waals surface area contributed by atoms with Gasteiger partial charge in [-0.05, 0) is 47.7 Å². The van der Waals surface area contributed by atoms with E-state index in [1.807, 2.05) is 41.3 Å². The number of carbonyl (C=O) groups is 1. The predicted molar refractivity (Wildman–Crippen MR) is 140 cm³/mol. The summed E-state index contributed by atoms with van der Waals surface area (Å²) in [5.41, 5.74) is 4.21. The molecule has 6 nitrogen and oxygen atoms in total. The molecular weight excluding hydrogens is 456 g/mol. The molecule has 1 aromatic heterocycles. The Labute approximate surface area is 207 Å². The van der Waals surface area contributed by atoms with Crippen LogP contribution in [0.15, 0.2) is 51.7 Å². The molecule has 1 fully saturated rings. The monoisotopic (exact) mass is 492 g/mol. The van der Waals surface area contributed by atoms with Gasteiger partial charge in [-0.25, -0.2) is 9.36 Å². The summed E-state index contributed by atoms with van der Waals surface area (Å²) in [6.07, 6.45) is 6.12. The first-order chi connectivity index (χ1) is 16.8. The van der Waals surface area contributed by atoms with Gasteiger partial charge >= 0.3 is 5.76 Å². The minimum Gasteiger partial charge on any atom is -0.408 e. The van der Waals surface area contributed by atoms with Crippen molar-refractivity contribution >= 4 is 25.1 Å². The Bertz CT molecular complexity index is 1270. The average Bonchev–Trinajstić information content (AvgIpc) is 3.50. The van der Waals surface area contributed by atoms with Gasteiger partial charge in [0.1, 0.15) is 6.73 Å². The fourth-order valence-corrected chi connectivity index (χ4v) is 6.26. The minimum absolute atomic E-state index is 0.0958. The zero-order valence-electron chi connectivity index (χ0n) is 21.1. The Kier molecular flexibility index (Phi) is 6.73. The molecule has 1 aliphatic carbocycles. The van der Waals surface area contributed by atoms with Crippen molar-refractivity contribution in [1.82, 2.24) is 9.47 Å². The molecule has 0 saturated heterocycles. The van der Waals surface area contributed by atoms with E-state index in [2.05, 4.69) is 25.7 Å². The molecule has 2 aromatic carbocycles. The number of carbonyl (C=O) groups excluding carboxylic acids is 1. The van der Waals surface area contributed by atoms with Crippen LogP contribution in [0.1, 0.15) is 59.6 Å². The molecule has 2 aliphatic rings. The molecule has 1 saturated carbocycles. The largest absolute Gasteiger partial charge is 0.421 e. The van der Waals surface area contributed by atoms with Gasteiger partial charge in [0.25, 0.3) is 5.91 Å². The lowest BCUT2D eigenvalue weighted by Gasteiger charge is -2.28. The molecule has 1 atom stereocenters. The molecule has 1 aliphatic heterocycles. The number of fused-ring (bicyclic) bond motifs is 2. The van der Waals surface area contributed by atoms with E-state index in [-0.39, 0.29) is 18.7 Å². The smallest absolute Gasteiger partial charge is 0.408 e. The summed E-state index contributed by atoms with van der Waals surface area (Å²) in [6.45, 7) is 8.26. The summed E-state index contributed by atoms with van der Waals surface area (Å²) in [7, 11) is -1.19. The second-order valence-corrected chi connectivity index (χ2v) is 17.0. The number of ether oxygens (including phenoxy) is 1. The molecule has 7 heteroatoms. The number of rotatable bonds is 9. The molecule has 186 valence electrons.